The Morgan fingerprint density at radius 3 is 2.63 bits per heavy atom. The smallest absolute Gasteiger partial charge is 0.338 e. The minimum absolute atomic E-state index is 0.0380. The number of hydrogen-bond acceptors (Lipinski definition) is 8. The number of ketones is 1. The van der Waals surface area contributed by atoms with Crippen LogP contribution in [0.2, 0.25) is 0 Å². The molecule has 3 fully saturated rings. The molecule has 7 atom stereocenters. The van der Waals surface area contributed by atoms with Crippen LogP contribution in [0.15, 0.2) is 47.3 Å². The van der Waals surface area contributed by atoms with Gasteiger partial charge in [-0.2, -0.15) is 0 Å². The minimum Gasteiger partial charge on any atom is -0.472 e. The first-order valence-corrected chi connectivity index (χ1v) is 12.9. The number of furan rings is 1. The number of fused-ring (bicyclic) bond motifs is 3. The molecule has 2 saturated carbocycles. The molecule has 1 aliphatic heterocycles. The Morgan fingerprint density at radius 1 is 1.16 bits per heavy atom. The molecule has 0 radical (unpaired) electrons. The summed E-state index contributed by atoms with van der Waals surface area (Å²) in [6.45, 7) is 5.15. The van der Waals surface area contributed by atoms with Gasteiger partial charge in [0.2, 0.25) is 0 Å². The number of ether oxygens (including phenoxy) is 3. The van der Waals surface area contributed by atoms with Crippen LogP contribution < -0.4 is 0 Å². The summed E-state index contributed by atoms with van der Waals surface area (Å²) in [6, 6.07) is 6.99. The van der Waals surface area contributed by atoms with Crippen LogP contribution in [0.4, 0.5) is 4.39 Å². The molecule has 2 heterocycles. The molecule has 1 aromatic carbocycles. The maximum Gasteiger partial charge on any atom is 0.338 e. The first-order valence-electron chi connectivity index (χ1n) is 12.9. The number of carbonyl (C=O) groups excluding carboxylic acids is 4. The molecule has 0 unspecified atom stereocenters. The zero-order chi connectivity index (χ0) is 27.2. The fourth-order valence-electron chi connectivity index (χ4n) is 7.20. The van der Waals surface area contributed by atoms with Crippen molar-refractivity contribution in [2.45, 2.75) is 58.7 Å². The van der Waals surface area contributed by atoms with Crippen molar-refractivity contribution < 1.29 is 42.2 Å². The summed E-state index contributed by atoms with van der Waals surface area (Å²) in [5.74, 6) is -3.87. The van der Waals surface area contributed by atoms with Gasteiger partial charge in [-0.05, 0) is 60.8 Å². The summed E-state index contributed by atoms with van der Waals surface area (Å²) in [5.41, 5.74) is -0.625. The third-order valence-electron chi connectivity index (χ3n) is 8.99. The Bertz CT molecular complexity index is 1260. The highest BCUT2D eigenvalue weighted by molar-refractivity contribution is 5.91. The molecule has 1 aromatic heterocycles. The molecular formula is C29H31FO8. The maximum absolute atomic E-state index is 14.0. The van der Waals surface area contributed by atoms with Gasteiger partial charge in [0.1, 0.15) is 11.9 Å². The van der Waals surface area contributed by atoms with Crippen molar-refractivity contribution in [3.63, 3.8) is 0 Å². The molecule has 0 bridgehead atoms. The molecule has 2 aromatic rings. The van der Waals surface area contributed by atoms with Gasteiger partial charge >= 0.3 is 17.9 Å². The van der Waals surface area contributed by atoms with Crippen molar-refractivity contribution >= 4 is 23.7 Å². The maximum atomic E-state index is 14.0. The minimum atomic E-state index is -1.02. The number of hydrogen-bond donors (Lipinski definition) is 0. The number of benzene rings is 1. The normalized spacial score (nSPS) is 34.5. The van der Waals surface area contributed by atoms with Gasteiger partial charge in [-0.15, -0.1) is 0 Å². The quantitative estimate of drug-likeness (QED) is 0.403. The van der Waals surface area contributed by atoms with E-state index in [1.165, 1.54) is 37.6 Å². The van der Waals surface area contributed by atoms with Crippen LogP contribution in [-0.4, -0.2) is 36.4 Å². The highest BCUT2D eigenvalue weighted by Gasteiger charge is 2.66. The molecular weight excluding hydrogens is 495 g/mol. The Morgan fingerprint density at radius 2 is 1.95 bits per heavy atom. The van der Waals surface area contributed by atoms with Crippen LogP contribution in [-0.2, 0) is 28.6 Å². The van der Waals surface area contributed by atoms with Crippen molar-refractivity contribution in [3.05, 3.63) is 59.8 Å². The molecule has 8 nitrogen and oxygen atoms in total. The second-order valence-electron chi connectivity index (χ2n) is 11.3. The summed E-state index contributed by atoms with van der Waals surface area (Å²) in [7, 11) is 0. The summed E-state index contributed by atoms with van der Waals surface area (Å²) in [6.07, 6.45) is 3.08. The average Bonchev–Trinajstić information content (AvgIpc) is 3.39. The van der Waals surface area contributed by atoms with E-state index < -0.39 is 52.6 Å². The number of rotatable bonds is 5. The Balaban J connectivity index is 1.48. The number of halogens is 1. The zero-order valence-corrected chi connectivity index (χ0v) is 21.6. The monoisotopic (exact) mass is 526 g/mol. The van der Waals surface area contributed by atoms with E-state index in [4.69, 9.17) is 18.6 Å². The van der Waals surface area contributed by atoms with Crippen LogP contribution in [0.1, 0.15) is 68.5 Å². The Kier molecular flexibility index (Phi) is 6.65. The lowest BCUT2D eigenvalue weighted by Gasteiger charge is -2.61. The first kappa shape index (κ1) is 26.1. The van der Waals surface area contributed by atoms with Gasteiger partial charge in [-0.3, -0.25) is 14.4 Å². The van der Waals surface area contributed by atoms with E-state index in [1.54, 1.807) is 6.07 Å². The Hall–Kier alpha value is -3.49. The molecule has 0 N–H and O–H groups in total. The summed E-state index contributed by atoms with van der Waals surface area (Å²) >= 11 is 0. The highest BCUT2D eigenvalue weighted by atomic mass is 19.1. The molecule has 3 aliphatic rings. The van der Waals surface area contributed by atoms with Crippen LogP contribution >= 0.6 is 0 Å². The summed E-state index contributed by atoms with van der Waals surface area (Å²) < 4.78 is 35.7. The van der Waals surface area contributed by atoms with Crippen LogP contribution in [0, 0.1) is 34.4 Å². The van der Waals surface area contributed by atoms with Gasteiger partial charge in [0.15, 0.2) is 11.9 Å². The second kappa shape index (κ2) is 9.67. The zero-order valence-electron chi connectivity index (χ0n) is 21.6. The molecule has 38 heavy (non-hydrogen) atoms. The van der Waals surface area contributed by atoms with E-state index >= 15 is 0 Å². The molecule has 5 rings (SSSR count). The molecule has 9 heteroatoms. The van der Waals surface area contributed by atoms with Crippen molar-refractivity contribution in [2.75, 3.05) is 6.61 Å². The van der Waals surface area contributed by atoms with E-state index in [0.29, 0.717) is 24.8 Å². The predicted molar refractivity (Wildman–Crippen MR) is 130 cm³/mol. The average molecular weight is 527 g/mol. The molecule has 2 aliphatic carbocycles. The SMILES string of the molecule is CC(=O)O[C@H]1C[C@@H](COC(=O)c2cccc(F)c2)[C@]2(C)CC[C@H]3C(=O)O[C@H](c4ccoc4)C[C@]3(C)[C@H]2C1=O. The third-order valence-corrected chi connectivity index (χ3v) is 8.99. The molecule has 202 valence electrons. The predicted octanol–water partition coefficient (Wildman–Crippen LogP) is 4.82. The van der Waals surface area contributed by atoms with Gasteiger partial charge in [0, 0.05) is 24.3 Å². The lowest BCUT2D eigenvalue weighted by Crippen LogP contribution is -2.64. The number of cyclic esters (lactones) is 1. The van der Waals surface area contributed by atoms with Gasteiger partial charge in [0.25, 0.3) is 0 Å². The van der Waals surface area contributed by atoms with Crippen molar-refractivity contribution in [3.8, 4) is 0 Å². The van der Waals surface area contributed by atoms with Crippen LogP contribution in [0.25, 0.3) is 0 Å². The molecule has 0 amide bonds. The molecule has 0 spiro atoms. The van der Waals surface area contributed by atoms with Gasteiger partial charge in [0.05, 0.1) is 30.6 Å². The lowest BCUT2D eigenvalue weighted by atomic mass is 9.43. The van der Waals surface area contributed by atoms with E-state index in [-0.39, 0.29) is 36.3 Å². The lowest BCUT2D eigenvalue weighted by molar-refractivity contribution is -0.209. The van der Waals surface area contributed by atoms with E-state index in [2.05, 4.69) is 0 Å². The van der Waals surface area contributed by atoms with Crippen molar-refractivity contribution in [2.24, 2.45) is 28.6 Å². The van der Waals surface area contributed by atoms with Gasteiger partial charge < -0.3 is 18.6 Å². The first-order chi connectivity index (χ1) is 18.0. The van der Waals surface area contributed by atoms with Crippen LogP contribution in [0.3, 0.4) is 0 Å². The number of carbonyl (C=O) groups is 4. The Labute approximate surface area is 219 Å². The fraction of sp³-hybridized carbons (Fsp3) is 0.517. The fourth-order valence-corrected chi connectivity index (χ4v) is 7.20. The summed E-state index contributed by atoms with van der Waals surface area (Å²) in [4.78, 5) is 51.9. The molecule has 1 saturated heterocycles. The van der Waals surface area contributed by atoms with E-state index in [9.17, 15) is 23.6 Å². The van der Waals surface area contributed by atoms with Gasteiger partial charge in [-0.1, -0.05) is 19.9 Å². The van der Waals surface area contributed by atoms with Crippen LogP contribution in [0.5, 0.6) is 0 Å². The summed E-state index contributed by atoms with van der Waals surface area (Å²) in [5, 5.41) is 0. The third kappa shape index (κ3) is 4.41. The van der Waals surface area contributed by atoms with Gasteiger partial charge in [-0.25, -0.2) is 9.18 Å². The van der Waals surface area contributed by atoms with E-state index in [1.807, 2.05) is 13.8 Å². The number of Topliss-reactive ketones (excluding diaryl/α,β-unsaturated/α-hetero) is 1. The second-order valence-corrected chi connectivity index (χ2v) is 11.3. The van der Waals surface area contributed by atoms with Crippen molar-refractivity contribution in [1.29, 1.82) is 0 Å². The van der Waals surface area contributed by atoms with E-state index in [0.717, 1.165) is 6.07 Å². The van der Waals surface area contributed by atoms with Crippen molar-refractivity contribution in [1.82, 2.24) is 0 Å². The topological polar surface area (TPSA) is 109 Å². The standard InChI is InChI=1S/C29H31FO8/c1-16(31)37-22-12-19(15-36-26(33)17-5-4-6-20(30)11-17)28(2)9-7-21-27(34)38-23(18-8-10-35-14-18)13-29(21,3)25(28)24(22)32/h4-6,8,10-11,14,19,21-23,25H,7,9,12-13,15H2,1-3H3/t19-,21-,22-,23-,25-,28-,29-/m0/s1. The largest absolute Gasteiger partial charge is 0.472 e. The highest BCUT2D eigenvalue weighted by Crippen LogP contribution is 2.65. The number of esters is 3.